The molecule has 1 aromatic carbocycles. The zero-order valence-corrected chi connectivity index (χ0v) is 19.6. The number of carbonyl (C=O) groups excluding carboxylic acids is 2. The molecular formula is C26H24FN7O2. The number of likely N-dealkylation sites (tertiary alicyclic amines) is 1. The predicted octanol–water partition coefficient (Wildman–Crippen LogP) is 2.91. The number of halogens is 1. The maximum absolute atomic E-state index is 13.1. The van der Waals surface area contributed by atoms with E-state index in [0.717, 1.165) is 22.3 Å². The van der Waals surface area contributed by atoms with E-state index in [1.165, 1.54) is 12.3 Å². The number of hydrogen-bond acceptors (Lipinski definition) is 6. The number of aromatic nitrogens is 4. The highest BCUT2D eigenvalue weighted by molar-refractivity contribution is 6.00. The molecule has 1 aliphatic rings. The number of nitrogen functional groups attached to an aromatic ring is 1. The van der Waals surface area contributed by atoms with Gasteiger partial charge in [-0.15, -0.1) is 0 Å². The number of amides is 2. The van der Waals surface area contributed by atoms with E-state index >= 15 is 0 Å². The quantitative estimate of drug-likeness (QED) is 0.420. The van der Waals surface area contributed by atoms with Gasteiger partial charge in [0.05, 0.1) is 11.8 Å². The van der Waals surface area contributed by atoms with Gasteiger partial charge in [0, 0.05) is 67.0 Å². The van der Waals surface area contributed by atoms with Gasteiger partial charge in [0.25, 0.3) is 11.8 Å². The Morgan fingerprint density at radius 2 is 1.75 bits per heavy atom. The van der Waals surface area contributed by atoms with Crippen LogP contribution in [0.2, 0.25) is 0 Å². The summed E-state index contributed by atoms with van der Waals surface area (Å²) in [6.45, 7) is 0.917. The lowest BCUT2D eigenvalue weighted by Gasteiger charge is -2.18. The molecule has 1 fully saturated rings. The number of rotatable bonds is 5. The van der Waals surface area contributed by atoms with E-state index in [2.05, 4.69) is 20.4 Å². The first-order valence-electron chi connectivity index (χ1n) is 11.4. The fourth-order valence-corrected chi connectivity index (χ4v) is 4.25. The number of carbonyl (C=O) groups is 2. The maximum atomic E-state index is 13.1. The summed E-state index contributed by atoms with van der Waals surface area (Å²) in [5.41, 5.74) is 9.98. The molecule has 1 atom stereocenters. The molecule has 36 heavy (non-hydrogen) atoms. The normalized spacial score (nSPS) is 15.2. The standard InChI is InChI=1S/C26H24FN7O2/c1-33-14-20(13-31-33)19-10-22(24(28)30-12-19)25(35)32-21-8-9-34(15-21)26(36)17-4-2-16(3-5-17)18-6-7-23(27)29-11-18/h2-7,10-14,21H,8-9,15H2,1H3,(H2,28,30)(H,32,35)/t21-/m1/s1. The summed E-state index contributed by atoms with van der Waals surface area (Å²) in [5, 5.41) is 7.13. The lowest BCUT2D eigenvalue weighted by atomic mass is 10.1. The smallest absolute Gasteiger partial charge is 0.255 e. The highest BCUT2D eigenvalue weighted by atomic mass is 19.1. The van der Waals surface area contributed by atoms with Crippen molar-refractivity contribution >= 4 is 17.6 Å². The number of anilines is 1. The summed E-state index contributed by atoms with van der Waals surface area (Å²) in [6, 6.07) is 11.5. The molecule has 4 aromatic rings. The Hall–Kier alpha value is -4.60. The van der Waals surface area contributed by atoms with Crippen molar-refractivity contribution in [1.29, 1.82) is 0 Å². The van der Waals surface area contributed by atoms with Crippen LogP contribution >= 0.6 is 0 Å². The fraction of sp³-hybridized carbons (Fsp3) is 0.192. The number of hydrogen-bond donors (Lipinski definition) is 2. The van der Waals surface area contributed by atoms with E-state index in [1.54, 1.807) is 46.2 Å². The van der Waals surface area contributed by atoms with Crippen LogP contribution in [0.5, 0.6) is 0 Å². The van der Waals surface area contributed by atoms with Crippen molar-refractivity contribution in [1.82, 2.24) is 30.0 Å². The van der Waals surface area contributed by atoms with Gasteiger partial charge in [-0.2, -0.15) is 9.49 Å². The zero-order valence-electron chi connectivity index (χ0n) is 19.6. The van der Waals surface area contributed by atoms with Crippen molar-refractivity contribution in [3.05, 3.63) is 84.3 Å². The van der Waals surface area contributed by atoms with Crippen LogP contribution < -0.4 is 11.1 Å². The maximum Gasteiger partial charge on any atom is 0.255 e. The fourth-order valence-electron chi connectivity index (χ4n) is 4.25. The van der Waals surface area contributed by atoms with Gasteiger partial charge in [0.15, 0.2) is 0 Å². The van der Waals surface area contributed by atoms with Gasteiger partial charge >= 0.3 is 0 Å². The van der Waals surface area contributed by atoms with Gasteiger partial charge in [-0.1, -0.05) is 12.1 Å². The zero-order chi connectivity index (χ0) is 25.2. The Balaban J connectivity index is 1.22. The Labute approximate surface area is 206 Å². The molecule has 0 saturated carbocycles. The van der Waals surface area contributed by atoms with E-state index in [0.29, 0.717) is 25.1 Å². The third kappa shape index (κ3) is 4.78. The summed E-state index contributed by atoms with van der Waals surface area (Å²) >= 11 is 0. The average molecular weight is 486 g/mol. The molecular weight excluding hydrogens is 461 g/mol. The van der Waals surface area contributed by atoms with Gasteiger partial charge in [-0.3, -0.25) is 14.3 Å². The van der Waals surface area contributed by atoms with Gasteiger partial charge < -0.3 is 16.0 Å². The van der Waals surface area contributed by atoms with E-state index in [9.17, 15) is 14.0 Å². The molecule has 1 saturated heterocycles. The second-order valence-electron chi connectivity index (χ2n) is 8.72. The molecule has 0 bridgehead atoms. The van der Waals surface area contributed by atoms with Crippen molar-refractivity contribution in [2.24, 2.45) is 7.05 Å². The second kappa shape index (κ2) is 9.57. The third-order valence-corrected chi connectivity index (χ3v) is 6.20. The molecule has 0 aliphatic carbocycles. The molecule has 3 N–H and O–H groups in total. The van der Waals surface area contributed by atoms with E-state index < -0.39 is 5.95 Å². The van der Waals surface area contributed by atoms with Crippen molar-refractivity contribution in [3.8, 4) is 22.3 Å². The Bertz CT molecular complexity index is 1420. The summed E-state index contributed by atoms with van der Waals surface area (Å²) < 4.78 is 14.7. The van der Waals surface area contributed by atoms with E-state index in [-0.39, 0.29) is 29.2 Å². The minimum Gasteiger partial charge on any atom is -0.383 e. The first-order chi connectivity index (χ1) is 17.4. The van der Waals surface area contributed by atoms with Crippen molar-refractivity contribution in [3.63, 3.8) is 0 Å². The molecule has 4 heterocycles. The first-order valence-corrected chi connectivity index (χ1v) is 11.4. The van der Waals surface area contributed by atoms with Crippen LogP contribution in [0.15, 0.2) is 67.3 Å². The van der Waals surface area contributed by atoms with Gasteiger partial charge in [-0.05, 0) is 42.3 Å². The summed E-state index contributed by atoms with van der Waals surface area (Å²) in [7, 11) is 1.81. The predicted molar refractivity (Wildman–Crippen MR) is 132 cm³/mol. The van der Waals surface area contributed by atoms with Crippen molar-refractivity contribution in [2.45, 2.75) is 12.5 Å². The summed E-state index contributed by atoms with van der Waals surface area (Å²) in [5.74, 6) is -0.846. The number of benzene rings is 1. The summed E-state index contributed by atoms with van der Waals surface area (Å²) in [6.07, 6.45) is 7.22. The molecule has 3 aromatic heterocycles. The van der Waals surface area contributed by atoms with Crippen LogP contribution in [0.25, 0.3) is 22.3 Å². The van der Waals surface area contributed by atoms with E-state index in [4.69, 9.17) is 5.73 Å². The molecule has 0 spiro atoms. The summed E-state index contributed by atoms with van der Waals surface area (Å²) in [4.78, 5) is 35.5. The van der Waals surface area contributed by atoms with Gasteiger partial charge in [-0.25, -0.2) is 9.97 Å². The lowest BCUT2D eigenvalue weighted by molar-refractivity contribution is 0.0783. The number of nitrogens with two attached hydrogens (primary N) is 1. The number of nitrogens with zero attached hydrogens (tertiary/aromatic N) is 5. The molecule has 10 heteroatoms. The highest BCUT2D eigenvalue weighted by Gasteiger charge is 2.29. The van der Waals surface area contributed by atoms with Crippen LogP contribution in [0.1, 0.15) is 27.1 Å². The average Bonchev–Trinajstić information content (AvgIpc) is 3.53. The third-order valence-electron chi connectivity index (χ3n) is 6.20. The van der Waals surface area contributed by atoms with Crippen molar-refractivity contribution in [2.75, 3.05) is 18.8 Å². The van der Waals surface area contributed by atoms with Crippen LogP contribution in [0.3, 0.4) is 0 Å². The molecule has 2 amide bonds. The topological polar surface area (TPSA) is 119 Å². The minimum atomic E-state index is -0.540. The molecule has 0 unspecified atom stereocenters. The number of nitrogens with one attached hydrogen (secondary N) is 1. The van der Waals surface area contributed by atoms with Crippen LogP contribution in [0, 0.1) is 5.95 Å². The SMILES string of the molecule is Cn1cc(-c2cnc(N)c(C(=O)N[C@@H]3CCN(C(=O)c4ccc(-c5ccc(F)nc5)cc4)C3)c2)cn1. The molecule has 0 radical (unpaired) electrons. The molecule has 182 valence electrons. The molecule has 1 aliphatic heterocycles. The monoisotopic (exact) mass is 485 g/mol. The lowest BCUT2D eigenvalue weighted by Crippen LogP contribution is -2.38. The largest absolute Gasteiger partial charge is 0.383 e. The van der Waals surface area contributed by atoms with Crippen molar-refractivity contribution < 1.29 is 14.0 Å². The Kier molecular flexibility index (Phi) is 6.16. The van der Waals surface area contributed by atoms with E-state index in [1.807, 2.05) is 25.4 Å². The second-order valence-corrected chi connectivity index (χ2v) is 8.72. The van der Waals surface area contributed by atoms with Crippen LogP contribution in [-0.4, -0.2) is 55.6 Å². The van der Waals surface area contributed by atoms with Crippen LogP contribution in [0.4, 0.5) is 10.2 Å². The Morgan fingerprint density at radius 1 is 1.00 bits per heavy atom. The van der Waals surface area contributed by atoms with Gasteiger partial charge in [0.2, 0.25) is 5.95 Å². The van der Waals surface area contributed by atoms with Crippen LogP contribution in [-0.2, 0) is 7.05 Å². The Morgan fingerprint density at radius 3 is 2.44 bits per heavy atom. The van der Waals surface area contributed by atoms with Gasteiger partial charge in [0.1, 0.15) is 5.82 Å². The molecule has 5 rings (SSSR count). The molecule has 9 nitrogen and oxygen atoms in total. The first kappa shape index (κ1) is 23.2. The highest BCUT2D eigenvalue weighted by Crippen LogP contribution is 2.23. The number of aryl methyl sites for hydroxylation is 1. The minimum absolute atomic E-state index is 0.115. The number of pyridine rings is 2.